The monoisotopic (exact) mass is 440 g/mol. The van der Waals surface area contributed by atoms with E-state index in [4.69, 9.17) is 0 Å². The number of pyridine rings is 1. The number of aliphatic hydroxyl groups excluding tert-OH is 1. The second-order valence-electron chi connectivity index (χ2n) is 8.97. The molecule has 2 fully saturated rings. The third kappa shape index (κ3) is 3.86. The lowest BCUT2D eigenvalue weighted by molar-refractivity contribution is 0.133. The van der Waals surface area contributed by atoms with E-state index in [1.54, 1.807) is 12.3 Å². The molecule has 0 bridgehead atoms. The minimum Gasteiger partial charge on any atom is -0.379 e. The van der Waals surface area contributed by atoms with E-state index in [0.29, 0.717) is 11.6 Å². The molecule has 0 saturated carbocycles. The lowest BCUT2D eigenvalue weighted by Gasteiger charge is -2.48. The predicted molar refractivity (Wildman–Crippen MR) is 119 cm³/mol. The molecule has 1 spiro atoms. The van der Waals surface area contributed by atoms with E-state index >= 15 is 0 Å². The van der Waals surface area contributed by atoms with Gasteiger partial charge in [0.05, 0.1) is 11.7 Å². The number of aromatic nitrogens is 3. The number of aliphatic hydroxyl groups is 1. The molecule has 9 heteroatoms. The summed E-state index contributed by atoms with van der Waals surface area (Å²) in [4.78, 5) is 15.9. The van der Waals surface area contributed by atoms with E-state index in [9.17, 15) is 13.9 Å². The molecule has 2 aromatic heterocycles. The molecule has 3 N–H and O–H groups in total. The lowest BCUT2D eigenvalue weighted by Crippen LogP contribution is -2.57. The molecule has 2 atom stereocenters. The highest BCUT2D eigenvalue weighted by atomic mass is 19.3. The van der Waals surface area contributed by atoms with Gasteiger partial charge in [0.25, 0.3) is 6.43 Å². The van der Waals surface area contributed by atoms with Gasteiger partial charge in [0.2, 0.25) is 0 Å². The number of nitrogens with zero attached hydrogens (tertiary/aromatic N) is 4. The first-order chi connectivity index (χ1) is 15.3. The number of hydrogen-bond donors (Lipinski definition) is 3. The Kier molecular flexibility index (Phi) is 5.17. The van der Waals surface area contributed by atoms with E-state index in [2.05, 4.69) is 30.5 Å². The van der Waals surface area contributed by atoms with Crippen molar-refractivity contribution in [3.63, 3.8) is 0 Å². The molecule has 4 heterocycles. The van der Waals surface area contributed by atoms with Gasteiger partial charge < -0.3 is 15.3 Å². The molecule has 2 saturated heterocycles. The summed E-state index contributed by atoms with van der Waals surface area (Å²) in [5.41, 5.74) is 1.60. The van der Waals surface area contributed by atoms with Crippen molar-refractivity contribution >= 4 is 22.5 Å². The third-order valence-electron chi connectivity index (χ3n) is 6.41. The Morgan fingerprint density at radius 3 is 2.72 bits per heavy atom. The third-order valence-corrected chi connectivity index (χ3v) is 6.41. The fourth-order valence-corrected chi connectivity index (χ4v) is 4.73. The number of halogens is 2. The maximum atomic E-state index is 13.1. The Bertz CT molecular complexity index is 1150. The van der Waals surface area contributed by atoms with Crippen LogP contribution in [0.1, 0.15) is 42.8 Å². The molecule has 2 aliphatic heterocycles. The molecule has 7 nitrogen and oxygen atoms in total. The molecule has 32 heavy (non-hydrogen) atoms. The fraction of sp³-hybridized carbons (Fsp3) is 0.435. The molecule has 0 aliphatic carbocycles. The van der Waals surface area contributed by atoms with Gasteiger partial charge in [-0.2, -0.15) is 0 Å². The first-order valence-electron chi connectivity index (χ1n) is 10.8. The van der Waals surface area contributed by atoms with Gasteiger partial charge in [-0.15, -0.1) is 0 Å². The summed E-state index contributed by atoms with van der Waals surface area (Å²) in [6.45, 7) is 6.22. The van der Waals surface area contributed by atoms with Crippen molar-refractivity contribution in [1.29, 1.82) is 0 Å². The van der Waals surface area contributed by atoms with Gasteiger partial charge in [0, 0.05) is 42.0 Å². The van der Waals surface area contributed by atoms with Crippen molar-refractivity contribution in [2.45, 2.75) is 39.0 Å². The van der Waals surface area contributed by atoms with Crippen LogP contribution >= 0.6 is 0 Å². The van der Waals surface area contributed by atoms with Crippen LogP contribution in [0.3, 0.4) is 0 Å². The highest BCUT2D eigenvalue weighted by Crippen LogP contribution is 2.40. The first kappa shape index (κ1) is 21.0. The Labute approximate surface area is 184 Å². The normalized spacial score (nSPS) is 20.7. The van der Waals surface area contributed by atoms with Crippen LogP contribution in [0.5, 0.6) is 0 Å². The number of hydrogen-bond acceptors (Lipinski definition) is 7. The van der Waals surface area contributed by atoms with Crippen LogP contribution in [0.2, 0.25) is 0 Å². The molecule has 0 amide bonds. The smallest absolute Gasteiger partial charge is 0.263 e. The van der Waals surface area contributed by atoms with Crippen molar-refractivity contribution in [3.05, 3.63) is 53.5 Å². The average Bonchev–Trinajstić information content (AvgIpc) is 3.14. The van der Waals surface area contributed by atoms with Crippen molar-refractivity contribution < 1.29 is 13.9 Å². The number of benzene rings is 1. The van der Waals surface area contributed by atoms with E-state index in [0.717, 1.165) is 48.3 Å². The maximum absolute atomic E-state index is 13.1. The number of aryl methyl sites for hydroxylation is 1. The average molecular weight is 440 g/mol. The van der Waals surface area contributed by atoms with Crippen LogP contribution in [0.25, 0.3) is 10.9 Å². The zero-order chi connectivity index (χ0) is 22.5. The zero-order valence-corrected chi connectivity index (χ0v) is 18.0. The topological polar surface area (TPSA) is 86.2 Å². The van der Waals surface area contributed by atoms with Crippen molar-refractivity contribution in [1.82, 2.24) is 20.3 Å². The summed E-state index contributed by atoms with van der Waals surface area (Å²) >= 11 is 0. The zero-order valence-electron chi connectivity index (χ0n) is 18.0. The summed E-state index contributed by atoms with van der Waals surface area (Å²) in [5, 5.41) is 17.1. The highest BCUT2D eigenvalue weighted by Gasteiger charge is 2.48. The van der Waals surface area contributed by atoms with E-state index in [1.807, 2.05) is 26.0 Å². The quantitative estimate of drug-likeness (QED) is 0.559. The number of rotatable bonds is 5. The van der Waals surface area contributed by atoms with E-state index < -0.39 is 12.7 Å². The van der Waals surface area contributed by atoms with Crippen LogP contribution in [0.4, 0.5) is 20.4 Å². The van der Waals surface area contributed by atoms with Crippen LogP contribution in [-0.2, 0) is 0 Å². The van der Waals surface area contributed by atoms with Crippen LogP contribution < -0.4 is 15.5 Å². The van der Waals surface area contributed by atoms with Gasteiger partial charge in [-0.25, -0.2) is 23.7 Å². The standard InChI is InChI=1S/C23H26F2N6O/c1-13(15-4-3-5-16(6-15)21(24)25)28-22-17-7-19(26-9-18(17)29-14(2)30-22)31-11-23(12-31)8-20(32)27-10-23/h3-7,9,13,20-21,27,32H,8,10-12H2,1-2H3,(H,28,29,30)/t13-,20?/m1/s1. The number of anilines is 2. The largest absolute Gasteiger partial charge is 0.379 e. The van der Waals surface area contributed by atoms with Gasteiger partial charge in [-0.3, -0.25) is 5.32 Å². The summed E-state index contributed by atoms with van der Waals surface area (Å²) in [7, 11) is 0. The van der Waals surface area contributed by atoms with E-state index in [1.165, 1.54) is 12.1 Å². The van der Waals surface area contributed by atoms with Gasteiger partial charge >= 0.3 is 0 Å². The van der Waals surface area contributed by atoms with Crippen LogP contribution in [0.15, 0.2) is 36.5 Å². The predicted octanol–water partition coefficient (Wildman–Crippen LogP) is 3.56. The second kappa shape index (κ2) is 7.90. The summed E-state index contributed by atoms with van der Waals surface area (Å²) in [5.74, 6) is 2.10. The molecular formula is C23H26F2N6O. The van der Waals surface area contributed by atoms with Crippen LogP contribution in [0, 0.1) is 12.3 Å². The minimum absolute atomic E-state index is 0.00426. The van der Waals surface area contributed by atoms with Gasteiger partial charge in [0.1, 0.15) is 23.7 Å². The van der Waals surface area contributed by atoms with Crippen molar-refractivity contribution in [2.24, 2.45) is 5.41 Å². The summed E-state index contributed by atoms with van der Waals surface area (Å²) < 4.78 is 26.2. The molecule has 1 aromatic carbocycles. The van der Waals surface area contributed by atoms with Gasteiger partial charge in [-0.1, -0.05) is 18.2 Å². The maximum Gasteiger partial charge on any atom is 0.263 e. The summed E-state index contributed by atoms with van der Waals surface area (Å²) in [6.07, 6.45) is -0.436. The van der Waals surface area contributed by atoms with Gasteiger partial charge in [0.15, 0.2) is 0 Å². The molecule has 2 aliphatic rings. The molecule has 1 unspecified atom stereocenters. The first-order valence-corrected chi connectivity index (χ1v) is 10.8. The van der Waals surface area contributed by atoms with E-state index in [-0.39, 0.29) is 17.0 Å². The van der Waals surface area contributed by atoms with Crippen molar-refractivity contribution in [3.8, 4) is 0 Å². The van der Waals surface area contributed by atoms with Crippen LogP contribution in [-0.4, -0.2) is 45.9 Å². The highest BCUT2D eigenvalue weighted by molar-refractivity contribution is 5.90. The van der Waals surface area contributed by atoms with Crippen molar-refractivity contribution in [2.75, 3.05) is 29.9 Å². The Balaban J connectivity index is 1.41. The number of fused-ring (bicyclic) bond motifs is 1. The molecular weight excluding hydrogens is 414 g/mol. The minimum atomic E-state index is -2.51. The Hall–Kier alpha value is -2.91. The molecule has 0 radical (unpaired) electrons. The lowest BCUT2D eigenvalue weighted by atomic mass is 9.79. The second-order valence-corrected chi connectivity index (χ2v) is 8.97. The number of alkyl halides is 2. The fourth-order valence-electron chi connectivity index (χ4n) is 4.73. The molecule has 3 aromatic rings. The molecule has 5 rings (SSSR count). The SMILES string of the molecule is Cc1nc(N[C@H](C)c2cccc(C(F)F)c2)c2cc(N3CC4(CNC(O)C4)C3)ncc2n1. The number of nitrogens with one attached hydrogen (secondary N) is 2. The van der Waals surface area contributed by atoms with Gasteiger partial charge in [-0.05, 0) is 38.0 Å². The summed E-state index contributed by atoms with van der Waals surface area (Å²) in [6, 6.07) is 8.19. The Morgan fingerprint density at radius 2 is 2.00 bits per heavy atom. The molecule has 168 valence electrons. The Morgan fingerprint density at radius 1 is 1.22 bits per heavy atom.